The number of aromatic nitrogens is 2. The van der Waals surface area contributed by atoms with E-state index in [1.54, 1.807) is 66.9 Å². The van der Waals surface area contributed by atoms with E-state index in [9.17, 15) is 29.4 Å². The molecule has 4 aromatic carbocycles. The highest BCUT2D eigenvalue weighted by molar-refractivity contribution is 6.33. The van der Waals surface area contributed by atoms with Crippen molar-refractivity contribution < 1.29 is 38.9 Å². The molecule has 0 fully saturated rings. The number of fused-ring (bicyclic) bond motifs is 2. The Bertz CT molecular complexity index is 2460. The quantitative estimate of drug-likeness (QED) is 0.148. The lowest BCUT2D eigenvalue weighted by molar-refractivity contribution is -0.140. The number of carbonyl (C=O) groups excluding carboxylic acids is 2. The molecule has 0 saturated carbocycles. The molecule has 2 heterocycles. The highest BCUT2D eigenvalue weighted by Gasteiger charge is 2.32. The summed E-state index contributed by atoms with van der Waals surface area (Å²) in [5.74, 6) is -2.42. The van der Waals surface area contributed by atoms with Crippen LogP contribution in [0.2, 0.25) is 10.0 Å². The summed E-state index contributed by atoms with van der Waals surface area (Å²) in [5, 5.41) is 21.2. The fourth-order valence-electron chi connectivity index (χ4n) is 6.92. The summed E-state index contributed by atoms with van der Waals surface area (Å²) >= 11 is 12.6. The predicted octanol–water partition coefficient (Wildman–Crippen LogP) is 9.67. The van der Waals surface area contributed by atoms with Crippen LogP contribution in [-0.4, -0.2) is 57.3 Å². The Hall–Kier alpha value is -5.58. The van der Waals surface area contributed by atoms with Crippen LogP contribution in [0.1, 0.15) is 74.1 Å². The van der Waals surface area contributed by atoms with Crippen LogP contribution in [-0.2, 0) is 16.0 Å². The maximum atomic E-state index is 13.4. The molecule has 6 rings (SSSR count). The van der Waals surface area contributed by atoms with Gasteiger partial charge in [0.25, 0.3) is 11.8 Å². The molecule has 6 aromatic rings. The molecule has 2 aromatic heterocycles. The van der Waals surface area contributed by atoms with Crippen LogP contribution in [0, 0.1) is 33.6 Å². The van der Waals surface area contributed by atoms with Crippen molar-refractivity contribution in [3.05, 3.63) is 128 Å². The van der Waals surface area contributed by atoms with Gasteiger partial charge in [0.15, 0.2) is 0 Å². The molecule has 10 nitrogen and oxygen atoms in total. The Kier molecular flexibility index (Phi) is 12.1. The molecular formula is C43H42Cl2N2O8. The predicted molar refractivity (Wildman–Crippen MR) is 215 cm³/mol. The number of nitrogens with zero attached hydrogens (tertiary/aromatic N) is 2. The summed E-state index contributed by atoms with van der Waals surface area (Å²) in [5.41, 5.74) is 6.63. The molecule has 1 atom stereocenters. The summed E-state index contributed by atoms with van der Waals surface area (Å²) in [6.45, 7) is 11.1. The zero-order chi connectivity index (χ0) is 40.5. The maximum Gasteiger partial charge on any atom is 0.311 e. The Balaban J connectivity index is 0.000000212. The lowest BCUT2D eigenvalue weighted by Gasteiger charge is -2.17. The first-order valence-corrected chi connectivity index (χ1v) is 18.2. The number of hydrogen-bond acceptors (Lipinski definition) is 6. The van der Waals surface area contributed by atoms with Gasteiger partial charge in [-0.25, -0.2) is 0 Å². The van der Waals surface area contributed by atoms with Crippen molar-refractivity contribution >= 4 is 68.8 Å². The Morgan fingerprint density at radius 3 is 1.47 bits per heavy atom. The number of rotatable bonds is 9. The lowest BCUT2D eigenvalue weighted by Crippen LogP contribution is -2.19. The third kappa shape index (κ3) is 7.97. The van der Waals surface area contributed by atoms with Crippen molar-refractivity contribution in [1.29, 1.82) is 0 Å². The van der Waals surface area contributed by atoms with E-state index in [-0.39, 0.29) is 24.2 Å². The second-order valence-electron chi connectivity index (χ2n) is 13.7. The van der Waals surface area contributed by atoms with Gasteiger partial charge in [-0.3, -0.25) is 28.3 Å². The fraction of sp³-hybridized carbons (Fsp3) is 0.256. The van der Waals surface area contributed by atoms with Crippen LogP contribution in [0.15, 0.2) is 72.8 Å². The Labute approximate surface area is 328 Å². The van der Waals surface area contributed by atoms with Crippen LogP contribution < -0.4 is 9.47 Å². The molecule has 0 aliphatic heterocycles. The number of ether oxygens (including phenoxy) is 2. The van der Waals surface area contributed by atoms with E-state index < -0.39 is 17.9 Å². The smallest absolute Gasteiger partial charge is 0.311 e. The number of carboxylic acids is 2. The van der Waals surface area contributed by atoms with Crippen LogP contribution in [0.25, 0.3) is 21.8 Å². The van der Waals surface area contributed by atoms with Gasteiger partial charge in [-0.1, -0.05) is 72.4 Å². The van der Waals surface area contributed by atoms with E-state index >= 15 is 0 Å². The van der Waals surface area contributed by atoms with Crippen molar-refractivity contribution in [3.63, 3.8) is 0 Å². The van der Waals surface area contributed by atoms with Crippen LogP contribution in [0.3, 0.4) is 0 Å². The molecule has 0 aliphatic rings. The first-order valence-electron chi connectivity index (χ1n) is 17.4. The highest BCUT2D eigenvalue weighted by Crippen LogP contribution is 2.41. The monoisotopic (exact) mass is 784 g/mol. The van der Waals surface area contributed by atoms with Gasteiger partial charge in [0.05, 0.1) is 47.6 Å². The van der Waals surface area contributed by atoms with Gasteiger partial charge in [-0.05, 0) is 93.3 Å². The Morgan fingerprint density at radius 2 is 1.07 bits per heavy atom. The minimum absolute atomic E-state index is 0.165. The van der Waals surface area contributed by atoms with Crippen molar-refractivity contribution in [2.75, 3.05) is 14.2 Å². The number of carboxylic acid groups (broad SMARTS) is 2. The summed E-state index contributed by atoms with van der Waals surface area (Å²) in [6.07, 6.45) is -0.193. The second kappa shape index (κ2) is 16.4. The van der Waals surface area contributed by atoms with Crippen molar-refractivity contribution in [3.8, 4) is 11.5 Å². The molecule has 1 unspecified atom stereocenters. The number of carbonyl (C=O) groups is 4. The summed E-state index contributed by atoms with van der Waals surface area (Å²) < 4.78 is 13.7. The molecule has 0 saturated heterocycles. The van der Waals surface area contributed by atoms with Gasteiger partial charge in [0, 0.05) is 33.3 Å². The van der Waals surface area contributed by atoms with Crippen molar-refractivity contribution in [2.24, 2.45) is 5.92 Å². The van der Waals surface area contributed by atoms with Gasteiger partial charge in [0.1, 0.15) is 11.5 Å². The molecule has 0 spiro atoms. The second-order valence-corrected chi connectivity index (χ2v) is 14.5. The first-order chi connectivity index (χ1) is 26.0. The highest BCUT2D eigenvalue weighted by atomic mass is 35.5. The molecule has 2 N–H and O–H groups in total. The summed E-state index contributed by atoms with van der Waals surface area (Å²) in [4.78, 5) is 49.9. The molecule has 0 amide bonds. The molecular weight excluding hydrogens is 743 g/mol. The van der Waals surface area contributed by atoms with Gasteiger partial charge < -0.3 is 19.7 Å². The average molecular weight is 786 g/mol. The number of halogens is 2. The van der Waals surface area contributed by atoms with Gasteiger partial charge in [-0.15, -0.1) is 0 Å². The fourth-order valence-corrected chi connectivity index (χ4v) is 7.39. The lowest BCUT2D eigenvalue weighted by atomic mass is 9.86. The van der Waals surface area contributed by atoms with E-state index in [4.69, 9.17) is 32.7 Å². The van der Waals surface area contributed by atoms with Gasteiger partial charge in [0.2, 0.25) is 0 Å². The average Bonchev–Trinajstić information content (AvgIpc) is 3.54. The largest absolute Gasteiger partial charge is 0.495 e. The van der Waals surface area contributed by atoms with E-state index in [0.29, 0.717) is 77.0 Å². The number of hydrogen-bond donors (Lipinski definition) is 2. The Morgan fingerprint density at radius 1 is 0.655 bits per heavy atom. The maximum absolute atomic E-state index is 13.4. The van der Waals surface area contributed by atoms with E-state index in [1.807, 2.05) is 52.0 Å². The van der Waals surface area contributed by atoms with E-state index in [0.717, 1.165) is 11.1 Å². The molecule has 0 aliphatic carbocycles. The summed E-state index contributed by atoms with van der Waals surface area (Å²) in [7, 11) is 3.00. The summed E-state index contributed by atoms with van der Waals surface area (Å²) in [6, 6.07) is 21.2. The topological polar surface area (TPSA) is 137 Å². The van der Waals surface area contributed by atoms with E-state index in [1.165, 1.54) is 18.8 Å². The van der Waals surface area contributed by atoms with Gasteiger partial charge in [-0.2, -0.15) is 0 Å². The molecule has 286 valence electrons. The SMILES string of the molecule is COc1cc2c(C(C(=O)O)C(C)C)c(C)n(C(=O)c3ccc(C)cc3)c2cc1Cl.COc1cc2c(CC(=O)O)c(C)n(C(=O)c3ccc(C)cc3)c2cc1Cl. The first kappa shape index (κ1) is 40.6. The number of methoxy groups -OCH3 is 2. The minimum Gasteiger partial charge on any atom is -0.495 e. The van der Waals surface area contributed by atoms with Crippen LogP contribution >= 0.6 is 23.2 Å². The van der Waals surface area contributed by atoms with Crippen LogP contribution in [0.4, 0.5) is 0 Å². The van der Waals surface area contributed by atoms with Crippen molar-refractivity contribution in [2.45, 2.75) is 53.9 Å². The minimum atomic E-state index is -0.969. The van der Waals surface area contributed by atoms with Gasteiger partial charge >= 0.3 is 11.9 Å². The molecule has 0 radical (unpaired) electrons. The van der Waals surface area contributed by atoms with E-state index in [2.05, 4.69) is 0 Å². The number of benzene rings is 4. The zero-order valence-corrected chi connectivity index (χ0v) is 33.3. The van der Waals surface area contributed by atoms with Crippen molar-refractivity contribution in [1.82, 2.24) is 9.13 Å². The third-order valence-corrected chi connectivity index (χ3v) is 10.3. The zero-order valence-electron chi connectivity index (χ0n) is 31.8. The number of aliphatic carboxylic acids is 2. The molecule has 12 heteroatoms. The number of aryl methyl sites for hydroxylation is 2. The third-order valence-electron chi connectivity index (χ3n) is 9.71. The molecule has 0 bridgehead atoms. The standard InChI is InChI=1S/C23H24ClNO4.C20H18ClNO4/c1-12(2)20(23(27)28)21-14(4)25(22(26)15-8-6-13(3)7-9-15)18-11-17(24)19(29-5)10-16(18)21;1-11-4-6-13(7-5-11)20(25)22-12(2)14(9-19(23)24)15-8-18(26-3)16(21)10-17(15)22/h6-12,20H,1-5H3,(H,27,28);4-8,10H,9H2,1-3H3,(H,23,24). The normalized spacial score (nSPS) is 11.7. The van der Waals surface area contributed by atoms with Crippen LogP contribution in [0.5, 0.6) is 11.5 Å². The molecule has 55 heavy (non-hydrogen) atoms.